The number of carbonyl (C=O) groups excluding carboxylic acids is 3. The van der Waals surface area contributed by atoms with E-state index in [9.17, 15) is 23.2 Å². The van der Waals surface area contributed by atoms with Crippen LogP contribution in [0.15, 0.2) is 36.4 Å². The molecule has 29 heavy (non-hydrogen) atoms. The number of ketones is 1. The highest BCUT2D eigenvalue weighted by atomic mass is 19.1. The second kappa shape index (κ2) is 9.41. The van der Waals surface area contributed by atoms with Crippen molar-refractivity contribution in [2.45, 2.75) is 38.5 Å². The molecule has 0 radical (unpaired) electrons. The number of benzene rings is 2. The SMILES string of the molecule is O=C(COC(=O)CCC(=O)c1ccc2c(c1)CCCC2)Nc1ccc(F)cc1F. The van der Waals surface area contributed by atoms with Crippen LogP contribution in [0, 0.1) is 11.6 Å². The number of ether oxygens (including phenoxy) is 1. The zero-order valence-electron chi connectivity index (χ0n) is 15.8. The smallest absolute Gasteiger partial charge is 0.306 e. The Kier molecular flexibility index (Phi) is 6.69. The van der Waals surface area contributed by atoms with Crippen LogP contribution in [0.5, 0.6) is 0 Å². The Hall–Kier alpha value is -3.09. The Morgan fingerprint density at radius 3 is 2.45 bits per heavy atom. The molecule has 5 nitrogen and oxygen atoms in total. The molecule has 7 heteroatoms. The molecule has 2 aromatic carbocycles. The van der Waals surface area contributed by atoms with Gasteiger partial charge in [-0.1, -0.05) is 12.1 Å². The summed E-state index contributed by atoms with van der Waals surface area (Å²) in [5.41, 5.74) is 2.82. The lowest BCUT2D eigenvalue weighted by Crippen LogP contribution is -2.21. The Morgan fingerprint density at radius 1 is 0.931 bits per heavy atom. The first-order valence-corrected chi connectivity index (χ1v) is 9.48. The highest BCUT2D eigenvalue weighted by molar-refractivity contribution is 5.98. The summed E-state index contributed by atoms with van der Waals surface area (Å²) in [5.74, 6) is -3.32. The van der Waals surface area contributed by atoms with Gasteiger partial charge in [0.05, 0.1) is 12.1 Å². The van der Waals surface area contributed by atoms with Crippen molar-refractivity contribution in [3.8, 4) is 0 Å². The van der Waals surface area contributed by atoms with Crippen LogP contribution < -0.4 is 5.32 Å². The summed E-state index contributed by atoms with van der Waals surface area (Å²) in [6.07, 6.45) is 4.08. The Labute approximate surface area is 167 Å². The van der Waals surface area contributed by atoms with Gasteiger partial charge in [0.25, 0.3) is 5.91 Å². The number of rotatable bonds is 7. The van der Waals surface area contributed by atoms with E-state index in [1.54, 1.807) is 6.07 Å². The van der Waals surface area contributed by atoms with Gasteiger partial charge in [0, 0.05) is 18.1 Å². The van der Waals surface area contributed by atoms with E-state index < -0.39 is 30.1 Å². The molecule has 0 atom stereocenters. The van der Waals surface area contributed by atoms with Crippen molar-refractivity contribution in [2.24, 2.45) is 0 Å². The van der Waals surface area contributed by atoms with Crippen molar-refractivity contribution in [1.29, 1.82) is 0 Å². The summed E-state index contributed by atoms with van der Waals surface area (Å²) in [6.45, 7) is -0.622. The minimum Gasteiger partial charge on any atom is -0.456 e. The molecule has 0 bridgehead atoms. The highest BCUT2D eigenvalue weighted by Gasteiger charge is 2.15. The first kappa shape index (κ1) is 20.6. The molecule has 2 aromatic rings. The fraction of sp³-hybridized carbons (Fsp3) is 0.318. The van der Waals surface area contributed by atoms with E-state index in [4.69, 9.17) is 4.74 Å². The summed E-state index contributed by atoms with van der Waals surface area (Å²) < 4.78 is 31.1. The van der Waals surface area contributed by atoms with Gasteiger partial charge in [-0.2, -0.15) is 0 Å². The van der Waals surface area contributed by atoms with Gasteiger partial charge in [0.1, 0.15) is 11.6 Å². The number of anilines is 1. The maximum absolute atomic E-state index is 13.5. The quantitative estimate of drug-likeness (QED) is 0.563. The number of hydrogen-bond acceptors (Lipinski definition) is 4. The Balaban J connectivity index is 1.43. The van der Waals surface area contributed by atoms with Gasteiger partial charge in [-0.15, -0.1) is 0 Å². The van der Waals surface area contributed by atoms with Crippen molar-refractivity contribution in [3.05, 3.63) is 64.7 Å². The molecule has 1 aliphatic rings. The molecule has 0 heterocycles. The minimum atomic E-state index is -0.930. The predicted octanol–water partition coefficient (Wildman–Crippen LogP) is 3.99. The lowest BCUT2D eigenvalue weighted by atomic mass is 9.89. The number of amides is 1. The second-order valence-electron chi connectivity index (χ2n) is 6.95. The maximum atomic E-state index is 13.5. The molecule has 0 fully saturated rings. The number of carbonyl (C=O) groups is 3. The van der Waals surface area contributed by atoms with Crippen LogP contribution in [0.4, 0.5) is 14.5 Å². The van der Waals surface area contributed by atoms with Gasteiger partial charge in [-0.25, -0.2) is 8.78 Å². The van der Waals surface area contributed by atoms with E-state index in [0.717, 1.165) is 37.8 Å². The van der Waals surface area contributed by atoms with Crippen molar-refractivity contribution in [1.82, 2.24) is 0 Å². The van der Waals surface area contributed by atoms with Crippen LogP contribution in [0.3, 0.4) is 0 Å². The first-order chi connectivity index (χ1) is 13.9. The zero-order valence-corrected chi connectivity index (χ0v) is 15.8. The lowest BCUT2D eigenvalue weighted by Gasteiger charge is -2.16. The van der Waals surface area contributed by atoms with E-state index >= 15 is 0 Å². The molecule has 0 aromatic heterocycles. The zero-order chi connectivity index (χ0) is 20.8. The van der Waals surface area contributed by atoms with Gasteiger partial charge in [-0.3, -0.25) is 14.4 Å². The van der Waals surface area contributed by atoms with Crippen molar-refractivity contribution < 1.29 is 27.9 Å². The molecule has 0 aliphatic heterocycles. The van der Waals surface area contributed by atoms with Crippen LogP contribution in [-0.2, 0) is 27.2 Å². The average molecular weight is 401 g/mol. The predicted molar refractivity (Wildman–Crippen MR) is 103 cm³/mol. The van der Waals surface area contributed by atoms with Gasteiger partial charge in [-0.05, 0) is 55.0 Å². The van der Waals surface area contributed by atoms with Crippen LogP contribution in [0.2, 0.25) is 0 Å². The van der Waals surface area contributed by atoms with Gasteiger partial charge in [0.2, 0.25) is 0 Å². The Morgan fingerprint density at radius 2 is 1.69 bits per heavy atom. The second-order valence-corrected chi connectivity index (χ2v) is 6.95. The van der Waals surface area contributed by atoms with Crippen LogP contribution in [-0.4, -0.2) is 24.3 Å². The molecule has 1 N–H and O–H groups in total. The molecular formula is C22H21F2NO4. The number of esters is 1. The number of hydrogen-bond donors (Lipinski definition) is 1. The van der Waals surface area contributed by atoms with Gasteiger partial charge >= 0.3 is 5.97 Å². The third-order valence-corrected chi connectivity index (χ3v) is 4.80. The monoisotopic (exact) mass is 401 g/mol. The Bertz CT molecular complexity index is 942. The summed E-state index contributed by atoms with van der Waals surface area (Å²) in [4.78, 5) is 35.9. The van der Waals surface area contributed by atoms with Crippen LogP contribution >= 0.6 is 0 Å². The maximum Gasteiger partial charge on any atom is 0.306 e. The van der Waals surface area contributed by atoms with E-state index in [0.29, 0.717) is 11.6 Å². The van der Waals surface area contributed by atoms with Crippen molar-refractivity contribution in [2.75, 3.05) is 11.9 Å². The lowest BCUT2D eigenvalue weighted by molar-refractivity contribution is -0.147. The summed E-state index contributed by atoms with van der Waals surface area (Å²) in [7, 11) is 0. The summed E-state index contributed by atoms with van der Waals surface area (Å²) in [6, 6.07) is 8.35. The fourth-order valence-electron chi connectivity index (χ4n) is 3.26. The van der Waals surface area contributed by atoms with E-state index in [1.807, 2.05) is 12.1 Å². The number of fused-ring (bicyclic) bond motifs is 1. The standard InChI is InChI=1S/C22H21F2NO4/c23-17-7-8-19(18(24)12-17)25-21(27)13-29-22(28)10-9-20(26)16-6-5-14-3-1-2-4-15(14)11-16/h5-8,11-12H,1-4,9-10,13H2,(H,25,27). The molecule has 1 aliphatic carbocycles. The summed E-state index contributed by atoms with van der Waals surface area (Å²) in [5, 5.41) is 2.19. The molecule has 0 spiro atoms. The molecule has 3 rings (SSSR count). The average Bonchev–Trinajstić information content (AvgIpc) is 2.72. The van der Waals surface area contributed by atoms with E-state index in [1.165, 1.54) is 11.1 Å². The number of aryl methyl sites for hydroxylation is 2. The number of halogens is 2. The largest absolute Gasteiger partial charge is 0.456 e. The van der Waals surface area contributed by atoms with Crippen LogP contribution in [0.1, 0.15) is 47.2 Å². The first-order valence-electron chi connectivity index (χ1n) is 9.48. The third-order valence-electron chi connectivity index (χ3n) is 4.80. The van der Waals surface area contributed by atoms with Crippen molar-refractivity contribution in [3.63, 3.8) is 0 Å². The van der Waals surface area contributed by atoms with Gasteiger partial charge in [0.15, 0.2) is 12.4 Å². The normalized spacial score (nSPS) is 12.8. The number of Topliss-reactive ketones (excluding diaryl/α,β-unsaturated/α-hetero) is 1. The van der Waals surface area contributed by atoms with E-state index in [-0.39, 0.29) is 24.3 Å². The minimum absolute atomic E-state index is 0.0220. The highest BCUT2D eigenvalue weighted by Crippen LogP contribution is 2.23. The fourth-order valence-corrected chi connectivity index (χ4v) is 3.26. The molecular weight excluding hydrogens is 380 g/mol. The summed E-state index contributed by atoms with van der Waals surface area (Å²) >= 11 is 0. The third kappa shape index (κ3) is 5.70. The number of nitrogens with one attached hydrogen (secondary N) is 1. The van der Waals surface area contributed by atoms with Crippen molar-refractivity contribution >= 4 is 23.3 Å². The topological polar surface area (TPSA) is 72.5 Å². The van der Waals surface area contributed by atoms with Gasteiger partial charge < -0.3 is 10.1 Å². The molecule has 152 valence electrons. The molecule has 0 unspecified atom stereocenters. The van der Waals surface area contributed by atoms with E-state index in [2.05, 4.69) is 5.32 Å². The van der Waals surface area contributed by atoms with Crippen LogP contribution in [0.25, 0.3) is 0 Å². The molecule has 0 saturated carbocycles. The molecule has 0 saturated heterocycles. The molecule has 1 amide bonds.